The number of fused-ring (bicyclic) bond motifs is 5. The molecule has 2 amide bonds. The molecule has 3 fully saturated rings. The molecule has 0 saturated carbocycles. The van der Waals surface area contributed by atoms with Gasteiger partial charge in [0.05, 0.1) is 13.2 Å². The first-order valence-electron chi connectivity index (χ1n) is 6.63. The molecule has 6 N–H and O–H groups in total. The number of carbonyl (C=O) groups is 2. The van der Waals surface area contributed by atoms with Crippen LogP contribution in [0.5, 0.6) is 0 Å². The molecule has 0 aromatic carbocycles. The predicted molar refractivity (Wildman–Crippen MR) is 67.4 cm³/mol. The molecule has 120 valence electrons. The fourth-order valence-electron chi connectivity index (χ4n) is 2.49. The van der Waals surface area contributed by atoms with Crippen LogP contribution >= 0.6 is 0 Å². The van der Waals surface area contributed by atoms with Gasteiger partial charge in [-0.3, -0.25) is 9.59 Å². The average Bonchev–Trinajstić information content (AvgIpc) is 2.42. The summed E-state index contributed by atoms with van der Waals surface area (Å²) in [5.74, 6) is -2.53. The summed E-state index contributed by atoms with van der Waals surface area (Å²) >= 11 is 0. The zero-order valence-electron chi connectivity index (χ0n) is 11.8. The van der Waals surface area contributed by atoms with Crippen molar-refractivity contribution < 1.29 is 34.8 Å². The first-order chi connectivity index (χ1) is 9.60. The van der Waals surface area contributed by atoms with Crippen LogP contribution in [0, 0.1) is 5.92 Å². The van der Waals surface area contributed by atoms with Crippen molar-refractivity contribution in [3.63, 3.8) is 0 Å². The monoisotopic (exact) mass is 304 g/mol. The number of amides is 2. The predicted octanol–water partition coefficient (Wildman–Crippen LogP) is -3.22. The van der Waals surface area contributed by atoms with E-state index in [0.29, 0.717) is 0 Å². The summed E-state index contributed by atoms with van der Waals surface area (Å²) in [6, 6.07) is 0. The summed E-state index contributed by atoms with van der Waals surface area (Å²) < 4.78 is 5.33. The lowest BCUT2D eigenvalue weighted by Crippen LogP contribution is -2.83. The van der Waals surface area contributed by atoms with Crippen LogP contribution in [0.15, 0.2) is 0 Å². The highest BCUT2D eigenvalue weighted by atomic mass is 16.5. The van der Waals surface area contributed by atoms with Gasteiger partial charge in [-0.15, -0.1) is 0 Å². The zero-order valence-corrected chi connectivity index (χ0v) is 11.8. The summed E-state index contributed by atoms with van der Waals surface area (Å²) in [7, 11) is 0. The Morgan fingerprint density at radius 1 is 1.43 bits per heavy atom. The Bertz CT molecular complexity index is 469. The molecule has 0 aromatic heterocycles. The molecule has 3 aliphatic rings. The van der Waals surface area contributed by atoms with Crippen molar-refractivity contribution in [2.75, 3.05) is 13.2 Å². The molecular weight excluding hydrogens is 284 g/mol. The van der Waals surface area contributed by atoms with Crippen molar-refractivity contribution in [1.82, 2.24) is 10.6 Å². The van der Waals surface area contributed by atoms with Gasteiger partial charge in [0.1, 0.15) is 11.7 Å². The molecule has 0 radical (unpaired) electrons. The second-order valence-electron chi connectivity index (χ2n) is 5.87. The van der Waals surface area contributed by atoms with E-state index in [4.69, 9.17) is 9.84 Å². The third-order valence-electron chi connectivity index (χ3n) is 4.17. The highest BCUT2D eigenvalue weighted by Crippen LogP contribution is 2.33. The molecule has 0 spiro atoms. The van der Waals surface area contributed by atoms with Gasteiger partial charge in [-0.1, -0.05) is 6.92 Å². The normalized spacial score (nSPS) is 40.6. The lowest BCUT2D eigenvalue weighted by Gasteiger charge is -2.50. The second kappa shape index (κ2) is 4.89. The summed E-state index contributed by atoms with van der Waals surface area (Å²) in [6.07, 6.45) is -1.68. The van der Waals surface area contributed by atoms with Gasteiger partial charge in [0.15, 0.2) is 0 Å². The van der Waals surface area contributed by atoms with E-state index in [9.17, 15) is 24.9 Å². The first kappa shape index (κ1) is 16.1. The van der Waals surface area contributed by atoms with Crippen molar-refractivity contribution in [3.8, 4) is 0 Å². The Balaban J connectivity index is 2.45. The highest BCUT2D eigenvalue weighted by molar-refractivity contribution is 6.01. The molecule has 3 aliphatic heterocycles. The van der Waals surface area contributed by atoms with Crippen LogP contribution in [0.4, 0.5) is 0 Å². The summed E-state index contributed by atoms with van der Waals surface area (Å²) in [5, 5.41) is 43.9. The quantitative estimate of drug-likeness (QED) is 0.321. The number of aliphatic hydroxyl groups excluding tert-OH is 2. The van der Waals surface area contributed by atoms with Crippen LogP contribution in [0.3, 0.4) is 0 Å². The molecule has 3 heterocycles. The van der Waals surface area contributed by atoms with Crippen LogP contribution in [-0.2, 0) is 14.3 Å². The smallest absolute Gasteiger partial charge is 0.278 e. The number of nitrogens with one attached hydrogen (secondary N) is 2. The van der Waals surface area contributed by atoms with Crippen molar-refractivity contribution in [2.45, 2.75) is 43.4 Å². The van der Waals surface area contributed by atoms with Gasteiger partial charge in [-0.05, 0) is 13.3 Å². The fourth-order valence-corrected chi connectivity index (χ4v) is 2.49. The average molecular weight is 304 g/mol. The van der Waals surface area contributed by atoms with Crippen LogP contribution in [0.25, 0.3) is 0 Å². The molecule has 3 saturated heterocycles. The minimum Gasteiger partial charge on any atom is -0.393 e. The van der Waals surface area contributed by atoms with E-state index in [1.807, 2.05) is 0 Å². The molecule has 21 heavy (non-hydrogen) atoms. The van der Waals surface area contributed by atoms with E-state index in [0.717, 1.165) is 6.92 Å². The Morgan fingerprint density at radius 2 is 2.05 bits per heavy atom. The fraction of sp³-hybridized carbons (Fsp3) is 0.833. The van der Waals surface area contributed by atoms with Gasteiger partial charge in [-0.25, -0.2) is 0 Å². The van der Waals surface area contributed by atoms with Gasteiger partial charge >= 0.3 is 0 Å². The number of piperazine rings is 1. The maximum absolute atomic E-state index is 12.3. The Hall–Kier alpha value is -1.26. The largest absolute Gasteiger partial charge is 0.393 e. The van der Waals surface area contributed by atoms with Crippen molar-refractivity contribution in [3.05, 3.63) is 0 Å². The topological polar surface area (TPSA) is 148 Å². The van der Waals surface area contributed by atoms with Gasteiger partial charge in [-0.2, -0.15) is 0 Å². The summed E-state index contributed by atoms with van der Waals surface area (Å²) in [4.78, 5) is 24.4. The molecule has 0 aliphatic carbocycles. The number of hydrogen-bond donors (Lipinski definition) is 6. The van der Waals surface area contributed by atoms with Crippen molar-refractivity contribution in [2.24, 2.45) is 5.92 Å². The van der Waals surface area contributed by atoms with E-state index in [1.165, 1.54) is 0 Å². The lowest BCUT2D eigenvalue weighted by atomic mass is 9.83. The van der Waals surface area contributed by atoms with E-state index < -0.39 is 47.5 Å². The Morgan fingerprint density at radius 3 is 2.62 bits per heavy atom. The molecule has 0 aromatic rings. The Kier molecular flexibility index (Phi) is 3.75. The number of ether oxygens (including phenoxy) is 1. The SMILES string of the molecule is CC1CCO[C@]2([C@@H](O)[C@@](C)(O)CO)NC(=O)[C@@]1(O)NC2=O. The number of aliphatic hydroxyl groups is 4. The van der Waals surface area contributed by atoms with Gasteiger partial charge < -0.3 is 35.8 Å². The van der Waals surface area contributed by atoms with E-state index in [1.54, 1.807) is 6.92 Å². The van der Waals surface area contributed by atoms with Crippen LogP contribution in [0.2, 0.25) is 0 Å². The van der Waals surface area contributed by atoms with Crippen molar-refractivity contribution >= 4 is 11.8 Å². The highest BCUT2D eigenvalue weighted by Gasteiger charge is 2.63. The molecule has 9 nitrogen and oxygen atoms in total. The molecule has 3 rings (SSSR count). The first-order valence-corrected chi connectivity index (χ1v) is 6.63. The number of rotatable bonds is 3. The van der Waals surface area contributed by atoms with Gasteiger partial charge in [0.2, 0.25) is 5.72 Å². The molecule has 2 bridgehead atoms. The summed E-state index contributed by atoms with van der Waals surface area (Å²) in [6.45, 7) is 1.78. The van der Waals surface area contributed by atoms with Crippen LogP contribution < -0.4 is 10.6 Å². The molecule has 1 unspecified atom stereocenters. The Labute approximate surface area is 120 Å². The van der Waals surface area contributed by atoms with Gasteiger partial charge in [0.25, 0.3) is 17.5 Å². The third kappa shape index (κ3) is 2.21. The number of hydrogen-bond acceptors (Lipinski definition) is 7. The third-order valence-corrected chi connectivity index (χ3v) is 4.17. The lowest BCUT2D eigenvalue weighted by molar-refractivity contribution is -0.240. The molecule has 5 atom stereocenters. The summed E-state index contributed by atoms with van der Waals surface area (Å²) in [5.41, 5.74) is -6.46. The minimum absolute atomic E-state index is 0.0320. The standard InChI is InChI=1S/C12H20N2O7/c1-6-3-4-21-12(7(16)10(2,19)5-15)9(18)13-11(6,20)8(17)14-12/h6-7,15-16,19-20H,3-5H2,1-2H3,(H,13,18)(H,14,17)/t6?,7-,10-,11+,12-/m0/s1. The van der Waals surface area contributed by atoms with Crippen molar-refractivity contribution in [1.29, 1.82) is 0 Å². The van der Waals surface area contributed by atoms with E-state index >= 15 is 0 Å². The number of carbonyl (C=O) groups excluding carboxylic acids is 2. The molecule has 9 heteroatoms. The molecular formula is C12H20N2O7. The van der Waals surface area contributed by atoms with Crippen LogP contribution in [0.1, 0.15) is 20.3 Å². The van der Waals surface area contributed by atoms with Gasteiger partial charge in [0, 0.05) is 5.92 Å². The van der Waals surface area contributed by atoms with Crippen LogP contribution in [-0.4, -0.2) is 68.6 Å². The van der Waals surface area contributed by atoms with E-state index in [-0.39, 0.29) is 13.0 Å². The maximum atomic E-state index is 12.3. The van der Waals surface area contributed by atoms with E-state index in [2.05, 4.69) is 10.6 Å². The minimum atomic E-state index is -2.27. The maximum Gasteiger partial charge on any atom is 0.278 e. The second-order valence-corrected chi connectivity index (χ2v) is 5.87. The zero-order chi connectivity index (χ0) is 16.1.